The van der Waals surface area contributed by atoms with Gasteiger partial charge in [-0.1, -0.05) is 18.2 Å². The highest BCUT2D eigenvalue weighted by Gasteiger charge is 2.43. The van der Waals surface area contributed by atoms with Crippen LogP contribution in [0.4, 0.5) is 5.69 Å². The zero-order valence-corrected chi connectivity index (χ0v) is 21.7. The van der Waals surface area contributed by atoms with Crippen molar-refractivity contribution in [3.05, 3.63) is 59.8 Å². The number of hydrogen-bond donors (Lipinski definition) is 5. The van der Waals surface area contributed by atoms with Crippen molar-refractivity contribution in [2.45, 2.75) is 37.6 Å². The Kier molecular flexibility index (Phi) is 7.87. The standard InChI is InChI=1S/C28H32N4O6/c1-15(20(13-29)27(36)30-14-23-24(33)25(34)26(35)28(37)38-23)21-9-10-22(32(21)4)18-6-5-17-12-19(31(2)3)8-7-16(17)11-18/h5-12,23-26,28,33-35,37H,14H2,1-4H3,(H,30,36)/b20-15+/t23-,24-,25+,26-,28?/m1/s1. The number of carbonyl (C=O) groups excluding carboxylic acids is 1. The van der Waals surface area contributed by atoms with Crippen LogP contribution in [0.5, 0.6) is 0 Å². The van der Waals surface area contributed by atoms with Crippen molar-refractivity contribution < 1.29 is 30.0 Å². The van der Waals surface area contributed by atoms with Gasteiger partial charge in [0.2, 0.25) is 0 Å². The molecule has 1 aliphatic rings. The van der Waals surface area contributed by atoms with E-state index in [2.05, 4.69) is 40.5 Å². The number of nitrogens with zero attached hydrogens (tertiary/aromatic N) is 3. The second kappa shape index (κ2) is 10.9. The number of aliphatic hydroxyl groups is 4. The van der Waals surface area contributed by atoms with Crippen LogP contribution < -0.4 is 10.2 Å². The maximum atomic E-state index is 12.9. The molecule has 2 aromatic carbocycles. The first kappa shape index (κ1) is 27.3. The van der Waals surface area contributed by atoms with Crippen molar-refractivity contribution in [3.63, 3.8) is 0 Å². The summed E-state index contributed by atoms with van der Waals surface area (Å²) in [7, 11) is 5.86. The lowest BCUT2D eigenvalue weighted by molar-refractivity contribution is -0.280. The van der Waals surface area contributed by atoms with Crippen LogP contribution in [0.3, 0.4) is 0 Å². The number of carbonyl (C=O) groups is 1. The van der Waals surface area contributed by atoms with E-state index in [1.165, 1.54) is 0 Å². The minimum atomic E-state index is -1.71. The predicted octanol–water partition coefficient (Wildman–Crippen LogP) is 1.12. The second-order valence-corrected chi connectivity index (χ2v) is 9.66. The average Bonchev–Trinajstić information content (AvgIpc) is 3.29. The lowest BCUT2D eigenvalue weighted by Gasteiger charge is -2.38. The molecule has 1 aromatic heterocycles. The van der Waals surface area contributed by atoms with Crippen LogP contribution >= 0.6 is 0 Å². The van der Waals surface area contributed by atoms with Crippen molar-refractivity contribution in [1.29, 1.82) is 5.26 Å². The molecule has 5 atom stereocenters. The third kappa shape index (κ3) is 5.15. The summed E-state index contributed by atoms with van der Waals surface area (Å²) in [6.45, 7) is 1.39. The van der Waals surface area contributed by atoms with E-state index in [9.17, 15) is 30.5 Å². The fourth-order valence-electron chi connectivity index (χ4n) is 4.66. The van der Waals surface area contributed by atoms with E-state index in [1.54, 1.807) is 6.92 Å². The van der Waals surface area contributed by atoms with Crippen LogP contribution in [0.25, 0.3) is 27.6 Å². The summed E-state index contributed by atoms with van der Waals surface area (Å²) in [6, 6.07) is 18.2. The van der Waals surface area contributed by atoms with E-state index in [0.717, 1.165) is 27.7 Å². The Hall–Kier alpha value is -3.72. The fraction of sp³-hybridized carbons (Fsp3) is 0.357. The van der Waals surface area contributed by atoms with Gasteiger partial charge in [0.15, 0.2) is 6.29 Å². The summed E-state index contributed by atoms with van der Waals surface area (Å²) in [5.41, 5.74) is 4.02. The number of allylic oxidation sites excluding steroid dienone is 1. The van der Waals surface area contributed by atoms with Crippen molar-refractivity contribution in [1.82, 2.24) is 9.88 Å². The summed E-state index contributed by atoms with van der Waals surface area (Å²) in [5.74, 6) is -0.693. The van der Waals surface area contributed by atoms with Crippen LogP contribution in [0, 0.1) is 11.3 Å². The molecule has 0 bridgehead atoms. The number of aromatic nitrogens is 1. The molecule has 1 fully saturated rings. The van der Waals surface area contributed by atoms with E-state index in [4.69, 9.17) is 4.74 Å². The maximum absolute atomic E-state index is 12.9. The monoisotopic (exact) mass is 520 g/mol. The Bertz CT molecular complexity index is 1420. The molecule has 1 amide bonds. The number of hydrogen-bond acceptors (Lipinski definition) is 8. The second-order valence-electron chi connectivity index (χ2n) is 9.66. The molecule has 10 nitrogen and oxygen atoms in total. The number of nitriles is 1. The highest BCUT2D eigenvalue weighted by Crippen LogP contribution is 2.30. The maximum Gasteiger partial charge on any atom is 0.262 e. The van der Waals surface area contributed by atoms with Crippen LogP contribution in [-0.4, -0.2) is 82.2 Å². The number of amides is 1. The largest absolute Gasteiger partial charge is 0.388 e. The highest BCUT2D eigenvalue weighted by atomic mass is 16.6. The Balaban J connectivity index is 1.55. The Labute approximate surface area is 220 Å². The zero-order chi connectivity index (χ0) is 27.7. The van der Waals surface area contributed by atoms with Gasteiger partial charge < -0.3 is 39.9 Å². The third-order valence-electron chi connectivity index (χ3n) is 7.01. The molecule has 1 unspecified atom stereocenters. The normalized spacial score (nSPS) is 24.0. The molecule has 2 heterocycles. The number of ether oxygens (including phenoxy) is 1. The van der Waals surface area contributed by atoms with Crippen LogP contribution in [-0.2, 0) is 16.6 Å². The molecular formula is C28H32N4O6. The third-order valence-corrected chi connectivity index (χ3v) is 7.01. The molecule has 0 spiro atoms. The Morgan fingerprint density at radius 1 is 1.03 bits per heavy atom. The van der Waals surface area contributed by atoms with Gasteiger partial charge in [0.25, 0.3) is 5.91 Å². The molecule has 3 aromatic rings. The van der Waals surface area contributed by atoms with Crippen molar-refractivity contribution in [2.75, 3.05) is 25.5 Å². The number of fused-ring (bicyclic) bond motifs is 1. The van der Waals surface area contributed by atoms with E-state index >= 15 is 0 Å². The van der Waals surface area contributed by atoms with Crippen molar-refractivity contribution >= 4 is 27.9 Å². The lowest BCUT2D eigenvalue weighted by atomic mass is 9.98. The number of nitrogens with one attached hydrogen (secondary N) is 1. The summed E-state index contributed by atoms with van der Waals surface area (Å²) < 4.78 is 7.00. The van der Waals surface area contributed by atoms with Gasteiger partial charge in [-0.25, -0.2) is 0 Å². The Morgan fingerprint density at radius 2 is 1.71 bits per heavy atom. The quantitative estimate of drug-likeness (QED) is 0.240. The van der Waals surface area contributed by atoms with Gasteiger partial charge in [-0.3, -0.25) is 4.79 Å². The first-order valence-corrected chi connectivity index (χ1v) is 12.2. The topological polar surface area (TPSA) is 151 Å². The van der Waals surface area contributed by atoms with Crippen LogP contribution in [0.15, 0.2) is 54.1 Å². The van der Waals surface area contributed by atoms with Gasteiger partial charge in [0.1, 0.15) is 36.1 Å². The number of aliphatic hydroxyl groups excluding tert-OH is 4. The van der Waals surface area contributed by atoms with E-state index < -0.39 is 36.6 Å². The molecular weight excluding hydrogens is 488 g/mol. The average molecular weight is 521 g/mol. The van der Waals surface area contributed by atoms with Crippen LogP contribution in [0.1, 0.15) is 12.6 Å². The van der Waals surface area contributed by atoms with Gasteiger partial charge >= 0.3 is 0 Å². The minimum absolute atomic E-state index is 0.126. The van der Waals surface area contributed by atoms with Gasteiger partial charge in [-0.15, -0.1) is 0 Å². The van der Waals surface area contributed by atoms with Crippen LogP contribution in [0.2, 0.25) is 0 Å². The molecule has 38 heavy (non-hydrogen) atoms. The molecule has 0 saturated carbocycles. The smallest absolute Gasteiger partial charge is 0.262 e. The summed E-state index contributed by atoms with van der Waals surface area (Å²) >= 11 is 0. The van der Waals surface area contributed by atoms with Crippen molar-refractivity contribution in [3.8, 4) is 17.3 Å². The SMILES string of the molecule is C/C(=C(/C#N)C(=O)NC[C@H]1OC(O)[C@H](O)[C@@H](O)[C@@H]1O)c1ccc(-c2ccc3cc(N(C)C)ccc3c2)n1C. The summed E-state index contributed by atoms with van der Waals surface area (Å²) in [6.07, 6.45) is -7.72. The first-order chi connectivity index (χ1) is 18.0. The molecule has 0 aliphatic carbocycles. The fourth-order valence-corrected chi connectivity index (χ4v) is 4.66. The van der Waals surface area contributed by atoms with Gasteiger partial charge in [-0.05, 0) is 59.2 Å². The minimum Gasteiger partial charge on any atom is -0.388 e. The van der Waals surface area contributed by atoms with Gasteiger partial charge in [0, 0.05) is 44.8 Å². The van der Waals surface area contributed by atoms with Gasteiger partial charge in [0.05, 0.1) is 0 Å². The molecule has 0 radical (unpaired) electrons. The zero-order valence-electron chi connectivity index (χ0n) is 21.7. The molecule has 1 saturated heterocycles. The molecule has 200 valence electrons. The molecule has 5 N–H and O–H groups in total. The number of anilines is 1. The van der Waals surface area contributed by atoms with E-state index in [1.807, 2.05) is 50.0 Å². The number of benzene rings is 2. The Morgan fingerprint density at radius 3 is 2.39 bits per heavy atom. The summed E-state index contributed by atoms with van der Waals surface area (Å²) in [4.78, 5) is 14.9. The first-order valence-electron chi connectivity index (χ1n) is 12.2. The predicted molar refractivity (Wildman–Crippen MR) is 143 cm³/mol. The molecule has 1 aliphatic heterocycles. The van der Waals surface area contributed by atoms with E-state index in [-0.39, 0.29) is 12.1 Å². The van der Waals surface area contributed by atoms with E-state index in [0.29, 0.717) is 11.3 Å². The lowest BCUT2D eigenvalue weighted by Crippen LogP contribution is -2.60. The molecule has 4 rings (SSSR count). The molecule has 10 heteroatoms. The van der Waals surface area contributed by atoms with Crippen molar-refractivity contribution in [2.24, 2.45) is 7.05 Å². The highest BCUT2D eigenvalue weighted by molar-refractivity contribution is 6.04. The van der Waals surface area contributed by atoms with Gasteiger partial charge in [-0.2, -0.15) is 5.26 Å². The summed E-state index contributed by atoms with van der Waals surface area (Å²) in [5, 5.41) is 53.7. The number of rotatable bonds is 6.